The van der Waals surface area contributed by atoms with Crippen LogP contribution in [-0.4, -0.2) is 18.3 Å². The lowest BCUT2D eigenvalue weighted by molar-refractivity contribution is 0.674. The minimum Gasteiger partial charge on any atom is -0.314 e. The number of nitrogens with one attached hydrogen (secondary N) is 1. The van der Waals surface area contributed by atoms with Gasteiger partial charge in [-0.05, 0) is 43.2 Å². The fourth-order valence-electron chi connectivity index (χ4n) is 1.57. The summed E-state index contributed by atoms with van der Waals surface area (Å²) in [6.07, 6.45) is 4.02. The monoisotopic (exact) mass is 255 g/mol. The number of rotatable bonds is 7. The third kappa shape index (κ3) is 4.36. The molecule has 1 fully saturated rings. The molecule has 0 unspecified atom stereocenters. The molecule has 1 aliphatic rings. The Morgan fingerprint density at radius 3 is 2.88 bits per heavy atom. The van der Waals surface area contributed by atoms with Crippen LogP contribution < -0.4 is 5.32 Å². The van der Waals surface area contributed by atoms with E-state index in [2.05, 4.69) is 17.4 Å². The summed E-state index contributed by atoms with van der Waals surface area (Å²) in [5.74, 6) is 2.24. The lowest BCUT2D eigenvalue weighted by atomic mass is 10.2. The summed E-state index contributed by atoms with van der Waals surface area (Å²) < 4.78 is 0. The van der Waals surface area contributed by atoms with Crippen LogP contribution in [0.2, 0.25) is 5.02 Å². The Bertz CT molecular complexity index is 325. The standard InChI is InChI=1S/C13H18ClNS/c14-13-5-2-1-4-11(13)10-16-9-3-8-15-12-6-7-12/h1-2,4-5,12,15H,3,6-10H2. The van der Waals surface area contributed by atoms with Gasteiger partial charge in [-0.2, -0.15) is 11.8 Å². The van der Waals surface area contributed by atoms with Crippen LogP contribution in [0.1, 0.15) is 24.8 Å². The topological polar surface area (TPSA) is 12.0 Å². The van der Waals surface area contributed by atoms with Crippen LogP contribution in [0.3, 0.4) is 0 Å². The van der Waals surface area contributed by atoms with Crippen LogP contribution in [0, 0.1) is 0 Å². The molecule has 0 saturated heterocycles. The van der Waals surface area contributed by atoms with Gasteiger partial charge in [-0.15, -0.1) is 0 Å². The van der Waals surface area contributed by atoms with Gasteiger partial charge in [0.1, 0.15) is 0 Å². The van der Waals surface area contributed by atoms with Gasteiger partial charge in [0.05, 0.1) is 0 Å². The summed E-state index contributed by atoms with van der Waals surface area (Å²) in [7, 11) is 0. The molecule has 0 heterocycles. The van der Waals surface area contributed by atoms with E-state index >= 15 is 0 Å². The van der Waals surface area contributed by atoms with Gasteiger partial charge >= 0.3 is 0 Å². The van der Waals surface area contributed by atoms with E-state index in [9.17, 15) is 0 Å². The first-order valence-electron chi connectivity index (χ1n) is 5.91. The van der Waals surface area contributed by atoms with E-state index in [-0.39, 0.29) is 0 Å². The molecule has 1 aliphatic carbocycles. The maximum Gasteiger partial charge on any atom is 0.0446 e. The number of halogens is 1. The summed E-state index contributed by atoms with van der Waals surface area (Å²) >= 11 is 8.06. The zero-order chi connectivity index (χ0) is 11.2. The molecule has 1 aromatic rings. The molecule has 0 amide bonds. The molecule has 88 valence electrons. The summed E-state index contributed by atoms with van der Waals surface area (Å²) in [5.41, 5.74) is 1.25. The van der Waals surface area contributed by atoms with Crippen molar-refractivity contribution >= 4 is 23.4 Å². The molecule has 0 aromatic heterocycles. The van der Waals surface area contributed by atoms with Crippen molar-refractivity contribution in [2.24, 2.45) is 0 Å². The average molecular weight is 256 g/mol. The van der Waals surface area contributed by atoms with Crippen molar-refractivity contribution in [3.8, 4) is 0 Å². The van der Waals surface area contributed by atoms with Gasteiger partial charge in [-0.25, -0.2) is 0 Å². The van der Waals surface area contributed by atoms with Crippen molar-refractivity contribution in [3.05, 3.63) is 34.9 Å². The lowest BCUT2D eigenvalue weighted by Gasteiger charge is -2.04. The first kappa shape index (κ1) is 12.3. The second kappa shape index (κ2) is 6.53. The van der Waals surface area contributed by atoms with Crippen LogP contribution >= 0.6 is 23.4 Å². The van der Waals surface area contributed by atoms with Crippen molar-refractivity contribution in [2.75, 3.05) is 12.3 Å². The molecular weight excluding hydrogens is 238 g/mol. The highest BCUT2D eigenvalue weighted by atomic mass is 35.5. The second-order valence-corrected chi connectivity index (χ2v) is 5.74. The predicted molar refractivity (Wildman–Crippen MR) is 73.3 cm³/mol. The number of thioether (sulfide) groups is 1. The SMILES string of the molecule is Clc1ccccc1CSCCCNC1CC1. The zero-order valence-electron chi connectivity index (χ0n) is 9.42. The number of hydrogen-bond acceptors (Lipinski definition) is 2. The molecule has 0 bridgehead atoms. The molecule has 1 nitrogen and oxygen atoms in total. The average Bonchev–Trinajstić information content (AvgIpc) is 3.09. The molecule has 0 aliphatic heterocycles. The Balaban J connectivity index is 1.55. The zero-order valence-corrected chi connectivity index (χ0v) is 11.0. The molecule has 0 atom stereocenters. The van der Waals surface area contributed by atoms with E-state index in [0.29, 0.717) is 0 Å². The highest BCUT2D eigenvalue weighted by Gasteiger charge is 2.19. The fourth-order valence-corrected chi connectivity index (χ4v) is 2.81. The van der Waals surface area contributed by atoms with Gasteiger partial charge in [-0.3, -0.25) is 0 Å². The van der Waals surface area contributed by atoms with Gasteiger partial charge in [0.25, 0.3) is 0 Å². The Morgan fingerprint density at radius 2 is 2.12 bits per heavy atom. The smallest absolute Gasteiger partial charge is 0.0446 e. The maximum absolute atomic E-state index is 6.09. The molecule has 0 radical (unpaired) electrons. The number of benzene rings is 1. The molecule has 1 N–H and O–H groups in total. The minimum absolute atomic E-state index is 0.841. The highest BCUT2D eigenvalue weighted by Crippen LogP contribution is 2.21. The molecule has 3 heteroatoms. The largest absolute Gasteiger partial charge is 0.314 e. The Hall–Kier alpha value is -0.180. The molecule has 2 rings (SSSR count). The van der Waals surface area contributed by atoms with Crippen molar-refractivity contribution in [1.82, 2.24) is 5.32 Å². The number of hydrogen-bond donors (Lipinski definition) is 1. The van der Waals surface area contributed by atoms with Crippen molar-refractivity contribution in [3.63, 3.8) is 0 Å². The molecule has 1 aromatic carbocycles. The van der Waals surface area contributed by atoms with Gasteiger partial charge in [0.2, 0.25) is 0 Å². The third-order valence-corrected chi connectivity index (χ3v) is 4.15. The fraction of sp³-hybridized carbons (Fsp3) is 0.538. The summed E-state index contributed by atoms with van der Waals surface area (Å²) in [6, 6.07) is 8.95. The van der Waals surface area contributed by atoms with Crippen LogP contribution in [0.4, 0.5) is 0 Å². The van der Waals surface area contributed by atoms with Crippen molar-refractivity contribution in [1.29, 1.82) is 0 Å². The normalized spacial score (nSPS) is 15.3. The summed E-state index contributed by atoms with van der Waals surface area (Å²) in [4.78, 5) is 0. The van der Waals surface area contributed by atoms with E-state index in [0.717, 1.165) is 16.8 Å². The van der Waals surface area contributed by atoms with Crippen LogP contribution in [0.5, 0.6) is 0 Å². The van der Waals surface area contributed by atoms with E-state index < -0.39 is 0 Å². The van der Waals surface area contributed by atoms with E-state index in [1.807, 2.05) is 23.9 Å². The molecule has 1 saturated carbocycles. The molecular formula is C13H18ClNS. The summed E-state index contributed by atoms with van der Waals surface area (Å²) in [6.45, 7) is 1.17. The van der Waals surface area contributed by atoms with Gasteiger partial charge in [0.15, 0.2) is 0 Å². The highest BCUT2D eigenvalue weighted by molar-refractivity contribution is 7.98. The van der Waals surface area contributed by atoms with Crippen molar-refractivity contribution < 1.29 is 0 Å². The minimum atomic E-state index is 0.841. The molecule has 16 heavy (non-hydrogen) atoms. The Kier molecular flexibility index (Phi) is 5.01. The van der Waals surface area contributed by atoms with E-state index in [1.54, 1.807) is 0 Å². The molecule has 0 spiro atoms. The van der Waals surface area contributed by atoms with E-state index in [4.69, 9.17) is 11.6 Å². The predicted octanol–water partition coefficient (Wildman–Crippen LogP) is 3.72. The second-order valence-electron chi connectivity index (χ2n) is 4.23. The first-order valence-corrected chi connectivity index (χ1v) is 7.44. The van der Waals surface area contributed by atoms with E-state index in [1.165, 1.54) is 37.1 Å². The third-order valence-electron chi connectivity index (χ3n) is 2.69. The van der Waals surface area contributed by atoms with Crippen molar-refractivity contribution in [2.45, 2.75) is 31.1 Å². The lowest BCUT2D eigenvalue weighted by Crippen LogP contribution is -2.17. The quantitative estimate of drug-likeness (QED) is 0.746. The first-order chi connectivity index (χ1) is 7.86. The Morgan fingerprint density at radius 1 is 1.31 bits per heavy atom. The van der Waals surface area contributed by atoms with Gasteiger partial charge < -0.3 is 5.32 Å². The van der Waals surface area contributed by atoms with Crippen LogP contribution in [-0.2, 0) is 5.75 Å². The maximum atomic E-state index is 6.09. The van der Waals surface area contributed by atoms with Gasteiger partial charge in [-0.1, -0.05) is 29.8 Å². The summed E-state index contributed by atoms with van der Waals surface area (Å²) in [5, 5.41) is 4.42. The van der Waals surface area contributed by atoms with Gasteiger partial charge in [0, 0.05) is 16.8 Å². The Labute approximate surface area is 107 Å². The van der Waals surface area contributed by atoms with Crippen LogP contribution in [0.25, 0.3) is 0 Å². The van der Waals surface area contributed by atoms with Crippen LogP contribution in [0.15, 0.2) is 24.3 Å².